The number of rotatable bonds is 2. The standard InChI is InChI=1S/C10H10N2O2.ClH/c11-4-6-5-12-8-3-1-2-7(9(6)8)10(13)14;/h1-3,5,12H,4,11H2,(H,13,14);1H/p-1. The Morgan fingerprint density at radius 2 is 2.20 bits per heavy atom. The van der Waals surface area contributed by atoms with Gasteiger partial charge in [0.2, 0.25) is 0 Å². The zero-order valence-corrected chi connectivity index (χ0v) is 8.64. The van der Waals surface area contributed by atoms with Crippen LogP contribution in [0.3, 0.4) is 0 Å². The molecule has 3 N–H and O–H groups in total. The number of H-pyrrole nitrogens is 1. The van der Waals surface area contributed by atoms with Gasteiger partial charge >= 0.3 is 0 Å². The van der Waals surface area contributed by atoms with E-state index in [-0.39, 0.29) is 18.0 Å². The first-order valence-corrected chi connectivity index (χ1v) is 4.24. The molecule has 0 saturated carbocycles. The maximum absolute atomic E-state index is 10.8. The molecule has 0 spiro atoms. The molecule has 4 nitrogen and oxygen atoms in total. The van der Waals surface area contributed by atoms with Crippen LogP contribution in [0.1, 0.15) is 15.9 Å². The van der Waals surface area contributed by atoms with Gasteiger partial charge in [0.15, 0.2) is 0 Å². The van der Waals surface area contributed by atoms with Crippen LogP contribution in [-0.2, 0) is 6.54 Å². The topological polar surface area (TPSA) is 81.9 Å². The van der Waals surface area contributed by atoms with E-state index in [1.807, 2.05) is 0 Å². The lowest BCUT2D eigenvalue weighted by atomic mass is 10.1. The Balaban J connectivity index is 0.00000112. The summed E-state index contributed by atoms with van der Waals surface area (Å²) in [4.78, 5) is 13.8. The number of hydrogen-bond donors (Lipinski definition) is 2. The number of halogens is 1. The van der Waals surface area contributed by atoms with E-state index in [9.17, 15) is 9.90 Å². The summed E-state index contributed by atoms with van der Waals surface area (Å²) in [5.74, 6) is -1.18. The summed E-state index contributed by atoms with van der Waals surface area (Å²) in [6.07, 6.45) is 1.72. The maximum Gasteiger partial charge on any atom is 0.0722 e. The lowest BCUT2D eigenvalue weighted by Gasteiger charge is -2.05. The molecule has 0 saturated heterocycles. The van der Waals surface area contributed by atoms with Crippen molar-refractivity contribution in [2.45, 2.75) is 6.54 Å². The zero-order chi connectivity index (χ0) is 10.1. The number of carbonyl (C=O) groups excluding carboxylic acids is 1. The van der Waals surface area contributed by atoms with Crippen molar-refractivity contribution >= 4 is 29.3 Å². The van der Waals surface area contributed by atoms with Crippen LogP contribution in [-0.4, -0.2) is 11.0 Å². The molecule has 2 aromatic rings. The van der Waals surface area contributed by atoms with Gasteiger partial charge in [0.25, 0.3) is 0 Å². The van der Waals surface area contributed by atoms with Crippen LogP contribution in [0.5, 0.6) is 0 Å². The molecule has 2 rings (SSSR count). The quantitative estimate of drug-likeness (QED) is 0.777. The first-order valence-electron chi connectivity index (χ1n) is 4.24. The van der Waals surface area contributed by atoms with E-state index < -0.39 is 5.97 Å². The van der Waals surface area contributed by atoms with Gasteiger partial charge in [0.05, 0.1) is 5.97 Å². The Labute approximate surface area is 92.5 Å². The SMILES string of the molecule is Cl.NCc1c[nH]c2cccc(C(=O)[O-])c12. The Morgan fingerprint density at radius 1 is 1.47 bits per heavy atom. The number of hydrogen-bond acceptors (Lipinski definition) is 3. The minimum Gasteiger partial charge on any atom is -0.545 e. The number of fused-ring (bicyclic) bond motifs is 1. The smallest absolute Gasteiger partial charge is 0.0722 e. The number of aromatic carboxylic acids is 1. The van der Waals surface area contributed by atoms with Crippen molar-refractivity contribution in [3.05, 3.63) is 35.5 Å². The van der Waals surface area contributed by atoms with E-state index in [0.717, 1.165) is 11.1 Å². The van der Waals surface area contributed by atoms with Crippen LogP contribution in [0.15, 0.2) is 24.4 Å². The van der Waals surface area contributed by atoms with Crippen LogP contribution in [0.2, 0.25) is 0 Å². The number of aromatic amines is 1. The summed E-state index contributed by atoms with van der Waals surface area (Å²) in [5.41, 5.74) is 7.24. The number of carboxylic acids is 1. The summed E-state index contributed by atoms with van der Waals surface area (Å²) < 4.78 is 0. The third-order valence-corrected chi connectivity index (χ3v) is 2.23. The summed E-state index contributed by atoms with van der Waals surface area (Å²) in [6.45, 7) is 0.310. The summed E-state index contributed by atoms with van der Waals surface area (Å²) in [7, 11) is 0. The minimum atomic E-state index is -1.18. The van der Waals surface area contributed by atoms with Crippen LogP contribution in [0, 0.1) is 0 Å². The van der Waals surface area contributed by atoms with E-state index in [4.69, 9.17) is 5.73 Å². The molecule has 80 valence electrons. The molecule has 0 radical (unpaired) electrons. The first kappa shape index (κ1) is 11.6. The fourth-order valence-electron chi connectivity index (χ4n) is 1.59. The van der Waals surface area contributed by atoms with Crippen molar-refractivity contribution in [3.63, 3.8) is 0 Å². The number of aromatic nitrogens is 1. The second kappa shape index (κ2) is 4.33. The van der Waals surface area contributed by atoms with Gasteiger partial charge < -0.3 is 20.6 Å². The monoisotopic (exact) mass is 225 g/mol. The summed E-state index contributed by atoms with van der Waals surface area (Å²) >= 11 is 0. The Morgan fingerprint density at radius 3 is 2.80 bits per heavy atom. The molecular formula is C10H10ClN2O2-. The third-order valence-electron chi connectivity index (χ3n) is 2.23. The van der Waals surface area contributed by atoms with E-state index in [1.165, 1.54) is 6.07 Å². The van der Waals surface area contributed by atoms with Crippen LogP contribution in [0.4, 0.5) is 0 Å². The minimum absolute atomic E-state index is 0. The van der Waals surface area contributed by atoms with Crippen LogP contribution in [0.25, 0.3) is 10.9 Å². The predicted octanol–water partition coefficient (Wildman–Crippen LogP) is 0.412. The van der Waals surface area contributed by atoms with Crippen molar-refractivity contribution in [2.24, 2.45) is 5.73 Å². The zero-order valence-electron chi connectivity index (χ0n) is 7.82. The number of carbonyl (C=O) groups is 1. The molecule has 0 atom stereocenters. The largest absolute Gasteiger partial charge is 0.545 e. The molecular weight excluding hydrogens is 216 g/mol. The van der Waals surface area contributed by atoms with Crippen LogP contribution >= 0.6 is 12.4 Å². The highest BCUT2D eigenvalue weighted by molar-refractivity contribution is 6.03. The molecule has 1 aromatic heterocycles. The van der Waals surface area contributed by atoms with Gasteiger partial charge in [-0.2, -0.15) is 0 Å². The normalized spacial score (nSPS) is 9.93. The van der Waals surface area contributed by atoms with Gasteiger partial charge in [0.1, 0.15) is 0 Å². The molecule has 0 bridgehead atoms. The van der Waals surface area contributed by atoms with Gasteiger partial charge in [-0.1, -0.05) is 12.1 Å². The number of nitrogens with one attached hydrogen (secondary N) is 1. The fourth-order valence-corrected chi connectivity index (χ4v) is 1.59. The second-order valence-electron chi connectivity index (χ2n) is 3.03. The number of nitrogens with two attached hydrogens (primary N) is 1. The van der Waals surface area contributed by atoms with E-state index >= 15 is 0 Å². The van der Waals surface area contributed by atoms with E-state index in [2.05, 4.69) is 4.98 Å². The summed E-state index contributed by atoms with van der Waals surface area (Å²) in [5, 5.41) is 11.5. The Bertz CT molecular complexity index is 493. The van der Waals surface area contributed by atoms with Gasteiger partial charge in [-0.3, -0.25) is 0 Å². The fraction of sp³-hybridized carbons (Fsp3) is 0.100. The molecule has 0 unspecified atom stereocenters. The second-order valence-corrected chi connectivity index (χ2v) is 3.03. The van der Waals surface area contributed by atoms with Crippen molar-refractivity contribution in [1.29, 1.82) is 0 Å². The average Bonchev–Trinajstić information content (AvgIpc) is 2.59. The molecule has 0 aliphatic heterocycles. The lowest BCUT2D eigenvalue weighted by Crippen LogP contribution is -2.22. The number of carboxylic acid groups (broad SMARTS) is 1. The molecule has 1 heterocycles. The third kappa shape index (κ3) is 1.82. The highest BCUT2D eigenvalue weighted by Gasteiger charge is 2.07. The van der Waals surface area contributed by atoms with Crippen molar-refractivity contribution in [3.8, 4) is 0 Å². The predicted molar refractivity (Wildman–Crippen MR) is 57.8 cm³/mol. The van der Waals surface area contributed by atoms with Gasteiger partial charge in [0, 0.05) is 29.2 Å². The molecule has 15 heavy (non-hydrogen) atoms. The molecule has 0 fully saturated rings. The van der Waals surface area contributed by atoms with E-state index in [1.54, 1.807) is 18.3 Å². The van der Waals surface area contributed by atoms with Gasteiger partial charge in [-0.05, 0) is 11.6 Å². The van der Waals surface area contributed by atoms with Crippen molar-refractivity contribution in [2.75, 3.05) is 0 Å². The van der Waals surface area contributed by atoms with E-state index in [0.29, 0.717) is 11.9 Å². The first-order chi connectivity index (χ1) is 6.74. The summed E-state index contributed by atoms with van der Waals surface area (Å²) in [6, 6.07) is 5.00. The van der Waals surface area contributed by atoms with Crippen molar-refractivity contribution in [1.82, 2.24) is 4.98 Å². The van der Waals surface area contributed by atoms with Gasteiger partial charge in [-0.15, -0.1) is 12.4 Å². The van der Waals surface area contributed by atoms with Gasteiger partial charge in [-0.25, -0.2) is 0 Å². The average molecular weight is 226 g/mol. The highest BCUT2D eigenvalue weighted by Crippen LogP contribution is 2.21. The Kier molecular flexibility index (Phi) is 3.34. The molecule has 5 heteroatoms. The molecule has 1 aromatic carbocycles. The highest BCUT2D eigenvalue weighted by atomic mass is 35.5. The maximum atomic E-state index is 10.8. The van der Waals surface area contributed by atoms with Crippen LogP contribution < -0.4 is 10.8 Å². The molecule has 0 aliphatic carbocycles. The Hall–Kier alpha value is -1.52. The number of benzene rings is 1. The molecule has 0 aliphatic rings. The lowest BCUT2D eigenvalue weighted by molar-refractivity contribution is -0.254. The van der Waals surface area contributed by atoms with Crippen molar-refractivity contribution < 1.29 is 9.90 Å². The molecule has 0 amide bonds.